The van der Waals surface area contributed by atoms with E-state index in [2.05, 4.69) is 10.6 Å². The van der Waals surface area contributed by atoms with E-state index in [0.29, 0.717) is 31.7 Å². The number of halogens is 2. The van der Waals surface area contributed by atoms with Gasteiger partial charge in [0.05, 0.1) is 31.8 Å². The summed E-state index contributed by atoms with van der Waals surface area (Å²) in [6.45, 7) is 1.90. The van der Waals surface area contributed by atoms with Crippen LogP contribution in [0.1, 0.15) is 17.5 Å². The Labute approximate surface area is 197 Å². The molecule has 0 radical (unpaired) electrons. The number of aliphatic hydroxyl groups excluding tert-OH is 1. The molecule has 3 rings (SSSR count). The number of amides is 1. The maximum absolute atomic E-state index is 13.7. The molecule has 1 heterocycles. The summed E-state index contributed by atoms with van der Waals surface area (Å²) in [5.41, 5.74) is 1.19. The second kappa shape index (κ2) is 13.0. The monoisotopic (exact) mass is 480 g/mol. The van der Waals surface area contributed by atoms with Gasteiger partial charge in [-0.05, 0) is 48.1 Å². The quantitative estimate of drug-likeness (QED) is 0.320. The van der Waals surface area contributed by atoms with E-state index in [1.165, 1.54) is 12.1 Å². The highest BCUT2D eigenvalue weighted by Gasteiger charge is 2.23. The smallest absolute Gasteiger partial charge is 0.224 e. The van der Waals surface area contributed by atoms with Crippen LogP contribution in [0.3, 0.4) is 0 Å². The van der Waals surface area contributed by atoms with Crippen molar-refractivity contribution in [3.63, 3.8) is 0 Å². The molecule has 1 aliphatic rings. The Kier molecular flexibility index (Phi) is 10.1. The minimum absolute atomic E-state index is 0.0868. The Morgan fingerprint density at radius 2 is 1.79 bits per heavy atom. The van der Waals surface area contributed by atoms with E-state index in [0.717, 1.165) is 16.5 Å². The van der Waals surface area contributed by atoms with Gasteiger partial charge in [0.2, 0.25) is 5.91 Å². The molecule has 1 aliphatic heterocycles. The Bertz CT molecular complexity index is 874. The van der Waals surface area contributed by atoms with Crippen molar-refractivity contribution in [2.24, 2.45) is 0 Å². The number of benzene rings is 2. The third-order valence-corrected chi connectivity index (χ3v) is 6.06. The lowest BCUT2D eigenvalue weighted by atomic mass is 10.00. The molecule has 6 nitrogen and oxygen atoms in total. The summed E-state index contributed by atoms with van der Waals surface area (Å²) in [5.74, 6) is -1.68. The van der Waals surface area contributed by atoms with E-state index < -0.39 is 23.8 Å². The Hall–Kier alpha value is -2.04. The number of aliphatic hydroxyl groups is 1. The highest BCUT2D eigenvalue weighted by Crippen LogP contribution is 2.16. The highest BCUT2D eigenvalue weighted by atomic mass is 32.2. The van der Waals surface area contributed by atoms with Crippen LogP contribution >= 0.6 is 11.8 Å². The van der Waals surface area contributed by atoms with Gasteiger partial charge in [-0.25, -0.2) is 8.78 Å². The first kappa shape index (κ1) is 25.6. The van der Waals surface area contributed by atoms with Gasteiger partial charge < -0.3 is 25.2 Å². The van der Waals surface area contributed by atoms with Crippen LogP contribution in [0.4, 0.5) is 8.78 Å². The van der Waals surface area contributed by atoms with Gasteiger partial charge in [0.1, 0.15) is 11.6 Å². The van der Waals surface area contributed by atoms with Crippen LogP contribution < -0.4 is 10.6 Å². The molecule has 0 saturated carbocycles. The molecule has 1 saturated heterocycles. The minimum Gasteiger partial charge on any atom is -0.390 e. The maximum Gasteiger partial charge on any atom is 0.224 e. The van der Waals surface area contributed by atoms with Gasteiger partial charge in [-0.3, -0.25) is 4.79 Å². The fourth-order valence-electron chi connectivity index (χ4n) is 3.64. The standard InChI is InChI=1S/C24H30F2N2O4S/c1-33-20-4-2-16(3-5-20)13-23(30)28-21(12-17-10-18(25)14-19(26)11-17)22(29)15-27-7-6-24-31-8-9-32-24/h2-5,10-11,14,21-22,24,27,29H,6-9,12-13,15H2,1H3,(H,28,30)/t21-,22+/m0/s1. The summed E-state index contributed by atoms with van der Waals surface area (Å²) in [6.07, 6.45) is 1.61. The molecule has 1 fully saturated rings. The normalized spacial score (nSPS) is 16.0. The molecule has 2 aromatic rings. The average molecular weight is 481 g/mol. The van der Waals surface area contributed by atoms with Crippen molar-refractivity contribution >= 4 is 17.7 Å². The van der Waals surface area contributed by atoms with Gasteiger partial charge in [-0.15, -0.1) is 11.8 Å². The molecule has 1 amide bonds. The SMILES string of the molecule is CSc1ccc(CC(=O)N[C@@H](Cc2cc(F)cc(F)c2)[C@H](O)CNCCC2OCCO2)cc1. The third kappa shape index (κ3) is 8.68. The predicted molar refractivity (Wildman–Crippen MR) is 123 cm³/mol. The van der Waals surface area contributed by atoms with Crippen molar-refractivity contribution in [2.75, 3.05) is 32.6 Å². The van der Waals surface area contributed by atoms with E-state index in [1.54, 1.807) is 11.8 Å². The molecule has 2 atom stereocenters. The summed E-state index contributed by atoms with van der Waals surface area (Å²) >= 11 is 1.61. The topological polar surface area (TPSA) is 79.8 Å². The Morgan fingerprint density at radius 1 is 1.12 bits per heavy atom. The number of hydrogen-bond donors (Lipinski definition) is 3. The van der Waals surface area contributed by atoms with Crippen molar-refractivity contribution in [3.8, 4) is 0 Å². The number of thioether (sulfide) groups is 1. The number of carbonyl (C=O) groups excluding carboxylic acids is 1. The van der Waals surface area contributed by atoms with E-state index in [-0.39, 0.29) is 31.6 Å². The maximum atomic E-state index is 13.7. The molecule has 180 valence electrons. The average Bonchev–Trinajstić information content (AvgIpc) is 3.29. The van der Waals surface area contributed by atoms with Crippen LogP contribution in [0.15, 0.2) is 47.4 Å². The molecule has 33 heavy (non-hydrogen) atoms. The first-order chi connectivity index (χ1) is 15.9. The zero-order valence-corrected chi connectivity index (χ0v) is 19.4. The molecule has 2 aromatic carbocycles. The molecule has 0 aliphatic carbocycles. The third-order valence-electron chi connectivity index (χ3n) is 5.31. The second-order valence-corrected chi connectivity index (χ2v) is 8.79. The van der Waals surface area contributed by atoms with Gasteiger partial charge in [0.15, 0.2) is 6.29 Å². The predicted octanol–water partition coefficient (Wildman–Crippen LogP) is 2.67. The fourth-order valence-corrected chi connectivity index (χ4v) is 4.05. The van der Waals surface area contributed by atoms with Crippen molar-refractivity contribution < 1.29 is 28.2 Å². The van der Waals surface area contributed by atoms with Gasteiger partial charge in [0.25, 0.3) is 0 Å². The summed E-state index contributed by atoms with van der Waals surface area (Å²) in [7, 11) is 0. The zero-order valence-electron chi connectivity index (χ0n) is 18.6. The second-order valence-electron chi connectivity index (χ2n) is 7.91. The van der Waals surface area contributed by atoms with Crippen LogP contribution in [-0.2, 0) is 27.1 Å². The van der Waals surface area contributed by atoms with E-state index >= 15 is 0 Å². The lowest BCUT2D eigenvalue weighted by Gasteiger charge is -2.25. The van der Waals surface area contributed by atoms with Crippen molar-refractivity contribution in [3.05, 3.63) is 65.2 Å². The summed E-state index contributed by atoms with van der Waals surface area (Å²) in [5, 5.41) is 16.7. The zero-order chi connectivity index (χ0) is 23.6. The van der Waals surface area contributed by atoms with Crippen molar-refractivity contribution in [2.45, 2.75) is 42.6 Å². The van der Waals surface area contributed by atoms with Crippen LogP contribution in [0.5, 0.6) is 0 Å². The molecule has 0 aromatic heterocycles. The molecule has 3 N–H and O–H groups in total. The van der Waals surface area contributed by atoms with Gasteiger partial charge >= 0.3 is 0 Å². The van der Waals surface area contributed by atoms with Crippen LogP contribution in [0.2, 0.25) is 0 Å². The van der Waals surface area contributed by atoms with E-state index in [1.807, 2.05) is 30.5 Å². The first-order valence-electron chi connectivity index (χ1n) is 10.9. The van der Waals surface area contributed by atoms with Crippen molar-refractivity contribution in [1.29, 1.82) is 0 Å². The van der Waals surface area contributed by atoms with E-state index in [9.17, 15) is 18.7 Å². The summed E-state index contributed by atoms with van der Waals surface area (Å²) in [4.78, 5) is 13.8. The Morgan fingerprint density at radius 3 is 2.42 bits per heavy atom. The summed E-state index contributed by atoms with van der Waals surface area (Å²) < 4.78 is 38.1. The lowest BCUT2D eigenvalue weighted by Crippen LogP contribution is -2.49. The van der Waals surface area contributed by atoms with Crippen LogP contribution in [0.25, 0.3) is 0 Å². The number of hydrogen-bond acceptors (Lipinski definition) is 6. The van der Waals surface area contributed by atoms with Crippen molar-refractivity contribution in [1.82, 2.24) is 10.6 Å². The fraction of sp³-hybridized carbons (Fsp3) is 0.458. The van der Waals surface area contributed by atoms with Gasteiger partial charge in [0, 0.05) is 30.5 Å². The Balaban J connectivity index is 1.59. The number of ether oxygens (including phenoxy) is 2. The number of nitrogens with one attached hydrogen (secondary N) is 2. The minimum atomic E-state index is -0.968. The van der Waals surface area contributed by atoms with Crippen LogP contribution in [0, 0.1) is 11.6 Å². The molecule has 0 unspecified atom stereocenters. The highest BCUT2D eigenvalue weighted by molar-refractivity contribution is 7.98. The van der Waals surface area contributed by atoms with E-state index in [4.69, 9.17) is 9.47 Å². The van der Waals surface area contributed by atoms with Crippen LogP contribution in [-0.4, -0.2) is 62.0 Å². The molecular formula is C24H30F2N2O4S. The molecule has 9 heteroatoms. The first-order valence-corrected chi connectivity index (χ1v) is 12.1. The molecule has 0 spiro atoms. The number of rotatable bonds is 12. The lowest BCUT2D eigenvalue weighted by molar-refractivity contribution is -0.122. The molecule has 0 bridgehead atoms. The summed E-state index contributed by atoms with van der Waals surface area (Å²) in [6, 6.07) is 10.1. The van der Waals surface area contributed by atoms with Gasteiger partial charge in [-0.1, -0.05) is 12.1 Å². The van der Waals surface area contributed by atoms with Gasteiger partial charge in [-0.2, -0.15) is 0 Å². The molecular weight excluding hydrogens is 450 g/mol. The largest absolute Gasteiger partial charge is 0.390 e. The number of carbonyl (C=O) groups is 1.